The molecule has 142 valence electrons. The molecular formula is C17H17F3N6O. The van der Waals surface area contributed by atoms with Crippen LogP contribution in [0, 0.1) is 17.5 Å². The van der Waals surface area contributed by atoms with Gasteiger partial charge in [0.15, 0.2) is 17.5 Å². The molecule has 0 aliphatic carbocycles. The van der Waals surface area contributed by atoms with E-state index in [0.29, 0.717) is 22.7 Å². The minimum Gasteiger partial charge on any atom is -0.374 e. The number of aliphatic hydroxyl groups is 1. The van der Waals surface area contributed by atoms with Gasteiger partial charge in [-0.2, -0.15) is 0 Å². The standard InChI is InChI=1S/C17H17F3N6O/c1-22-6-13(9-4-11(19)12(20)5-10(9)18)26-17-15-14(24-7-25-17)8(16(21)27)2-3-23-15/h2-5,7,13,16,22,27H,6,21H2,1H3,(H,24,25,26)/t13-,16?/m1/s1. The van der Waals surface area contributed by atoms with Gasteiger partial charge in [0.2, 0.25) is 0 Å². The molecule has 0 aliphatic rings. The van der Waals surface area contributed by atoms with E-state index in [1.165, 1.54) is 18.6 Å². The van der Waals surface area contributed by atoms with Crippen molar-refractivity contribution in [1.29, 1.82) is 0 Å². The average molecular weight is 378 g/mol. The smallest absolute Gasteiger partial charge is 0.161 e. The molecule has 0 spiro atoms. The summed E-state index contributed by atoms with van der Waals surface area (Å²) in [7, 11) is 1.63. The molecule has 0 radical (unpaired) electrons. The van der Waals surface area contributed by atoms with Gasteiger partial charge in [0.1, 0.15) is 29.4 Å². The van der Waals surface area contributed by atoms with Crippen molar-refractivity contribution in [2.45, 2.75) is 12.3 Å². The molecule has 27 heavy (non-hydrogen) atoms. The number of benzene rings is 1. The fraction of sp³-hybridized carbons (Fsp3) is 0.235. The molecule has 5 N–H and O–H groups in total. The summed E-state index contributed by atoms with van der Waals surface area (Å²) in [4.78, 5) is 12.4. The van der Waals surface area contributed by atoms with Gasteiger partial charge >= 0.3 is 0 Å². The van der Waals surface area contributed by atoms with E-state index in [4.69, 9.17) is 5.73 Å². The Labute approximate surface area is 152 Å². The van der Waals surface area contributed by atoms with E-state index in [-0.39, 0.29) is 17.9 Å². The zero-order chi connectivity index (χ0) is 19.6. The summed E-state index contributed by atoms with van der Waals surface area (Å²) in [6.07, 6.45) is 1.39. The Morgan fingerprint density at radius 2 is 1.78 bits per heavy atom. The first-order chi connectivity index (χ1) is 12.9. The number of halogens is 3. The van der Waals surface area contributed by atoms with Crippen molar-refractivity contribution in [2.24, 2.45) is 5.73 Å². The molecule has 0 amide bonds. The molecule has 3 rings (SSSR count). The molecule has 0 aliphatic heterocycles. The first-order valence-corrected chi connectivity index (χ1v) is 8.01. The fourth-order valence-corrected chi connectivity index (χ4v) is 2.74. The van der Waals surface area contributed by atoms with Gasteiger partial charge in [-0.05, 0) is 19.2 Å². The number of nitrogens with zero attached hydrogens (tertiary/aromatic N) is 3. The number of rotatable bonds is 6. The number of anilines is 1. The third-order valence-electron chi connectivity index (χ3n) is 4.01. The number of nitrogens with one attached hydrogen (secondary N) is 2. The number of aromatic nitrogens is 3. The fourth-order valence-electron chi connectivity index (χ4n) is 2.74. The Morgan fingerprint density at radius 3 is 2.48 bits per heavy atom. The van der Waals surface area contributed by atoms with Crippen molar-refractivity contribution in [2.75, 3.05) is 18.9 Å². The summed E-state index contributed by atoms with van der Waals surface area (Å²) >= 11 is 0. The van der Waals surface area contributed by atoms with Gasteiger partial charge in [0, 0.05) is 29.9 Å². The maximum Gasteiger partial charge on any atom is 0.161 e. The number of aliphatic hydroxyl groups excluding tert-OH is 1. The van der Waals surface area contributed by atoms with Gasteiger partial charge in [-0.15, -0.1) is 0 Å². The summed E-state index contributed by atoms with van der Waals surface area (Å²) in [6, 6.07) is 2.03. The Hall–Kier alpha value is -2.82. The van der Waals surface area contributed by atoms with Crippen LogP contribution < -0.4 is 16.4 Å². The normalized spacial score (nSPS) is 13.6. The Morgan fingerprint density at radius 1 is 1.04 bits per heavy atom. The predicted molar refractivity (Wildman–Crippen MR) is 93.1 cm³/mol. The lowest BCUT2D eigenvalue weighted by atomic mass is 10.1. The lowest BCUT2D eigenvalue weighted by Crippen LogP contribution is -2.25. The third kappa shape index (κ3) is 3.82. The lowest BCUT2D eigenvalue weighted by molar-refractivity contribution is 0.187. The van der Waals surface area contributed by atoms with Gasteiger partial charge in [-0.1, -0.05) is 0 Å². The molecule has 2 aromatic heterocycles. The predicted octanol–water partition coefficient (Wildman–Crippen LogP) is 1.76. The Bertz CT molecular complexity index is 969. The van der Waals surface area contributed by atoms with Crippen molar-refractivity contribution >= 4 is 16.9 Å². The topological polar surface area (TPSA) is 109 Å². The van der Waals surface area contributed by atoms with Crippen LogP contribution in [-0.4, -0.2) is 33.7 Å². The molecule has 10 heteroatoms. The summed E-state index contributed by atoms with van der Waals surface area (Å²) in [5.74, 6) is -3.10. The molecule has 2 heterocycles. The van der Waals surface area contributed by atoms with Gasteiger partial charge < -0.3 is 21.5 Å². The van der Waals surface area contributed by atoms with Crippen LogP contribution in [0.25, 0.3) is 11.0 Å². The monoisotopic (exact) mass is 378 g/mol. The Balaban J connectivity index is 2.06. The van der Waals surface area contributed by atoms with Crippen LogP contribution >= 0.6 is 0 Å². The third-order valence-corrected chi connectivity index (χ3v) is 4.01. The zero-order valence-electron chi connectivity index (χ0n) is 14.2. The van der Waals surface area contributed by atoms with Crippen molar-refractivity contribution in [1.82, 2.24) is 20.3 Å². The van der Waals surface area contributed by atoms with Gasteiger partial charge in [0.25, 0.3) is 0 Å². The molecule has 0 bridgehead atoms. The maximum atomic E-state index is 14.2. The molecule has 0 saturated heterocycles. The molecule has 0 fully saturated rings. The number of fused-ring (bicyclic) bond motifs is 1. The van der Waals surface area contributed by atoms with Crippen LogP contribution in [0.3, 0.4) is 0 Å². The Kier molecular flexibility index (Phi) is 5.49. The van der Waals surface area contributed by atoms with E-state index in [1.54, 1.807) is 7.05 Å². The highest BCUT2D eigenvalue weighted by Gasteiger charge is 2.21. The second kappa shape index (κ2) is 7.82. The number of hydrogen-bond acceptors (Lipinski definition) is 7. The molecule has 0 saturated carbocycles. The van der Waals surface area contributed by atoms with Crippen LogP contribution in [0.2, 0.25) is 0 Å². The van der Waals surface area contributed by atoms with Crippen molar-refractivity contribution in [3.05, 3.63) is 59.3 Å². The van der Waals surface area contributed by atoms with Gasteiger partial charge in [-0.25, -0.2) is 23.1 Å². The van der Waals surface area contributed by atoms with Crippen LogP contribution in [0.4, 0.5) is 19.0 Å². The first-order valence-electron chi connectivity index (χ1n) is 8.01. The van der Waals surface area contributed by atoms with E-state index in [9.17, 15) is 18.3 Å². The van der Waals surface area contributed by atoms with E-state index in [0.717, 1.165) is 6.07 Å². The second-order valence-corrected chi connectivity index (χ2v) is 5.81. The first kappa shape index (κ1) is 19.0. The maximum absolute atomic E-state index is 14.2. The molecule has 1 aromatic carbocycles. The van der Waals surface area contributed by atoms with Crippen molar-refractivity contribution < 1.29 is 18.3 Å². The van der Waals surface area contributed by atoms with E-state index in [2.05, 4.69) is 25.6 Å². The largest absolute Gasteiger partial charge is 0.374 e. The zero-order valence-corrected chi connectivity index (χ0v) is 14.2. The minimum atomic E-state index is -1.27. The summed E-state index contributed by atoms with van der Waals surface area (Å²) in [5.41, 5.74) is 6.41. The van der Waals surface area contributed by atoms with E-state index >= 15 is 0 Å². The van der Waals surface area contributed by atoms with Gasteiger partial charge in [-0.3, -0.25) is 4.98 Å². The average Bonchev–Trinajstić information content (AvgIpc) is 2.64. The van der Waals surface area contributed by atoms with Crippen molar-refractivity contribution in [3.63, 3.8) is 0 Å². The minimum absolute atomic E-state index is 0.0787. The number of pyridine rings is 1. The number of likely N-dealkylation sites (N-methyl/N-ethyl adjacent to an activating group) is 1. The van der Waals surface area contributed by atoms with Crippen LogP contribution in [0.15, 0.2) is 30.7 Å². The number of nitrogens with two attached hydrogens (primary N) is 1. The highest BCUT2D eigenvalue weighted by atomic mass is 19.2. The quantitative estimate of drug-likeness (QED) is 0.382. The molecule has 2 atom stereocenters. The molecule has 3 aromatic rings. The SMILES string of the molecule is CNC[C@@H](Nc1ncnc2c(C(N)O)ccnc12)c1cc(F)c(F)cc1F. The van der Waals surface area contributed by atoms with E-state index in [1.807, 2.05) is 0 Å². The van der Waals surface area contributed by atoms with Crippen LogP contribution in [-0.2, 0) is 0 Å². The van der Waals surface area contributed by atoms with E-state index < -0.39 is 29.7 Å². The molecular weight excluding hydrogens is 361 g/mol. The summed E-state index contributed by atoms with van der Waals surface area (Å²) in [5, 5.41) is 15.5. The summed E-state index contributed by atoms with van der Waals surface area (Å²) in [6.45, 7) is 0.187. The van der Waals surface area contributed by atoms with Crippen LogP contribution in [0.1, 0.15) is 23.4 Å². The summed E-state index contributed by atoms with van der Waals surface area (Å²) < 4.78 is 41.1. The highest BCUT2D eigenvalue weighted by Crippen LogP contribution is 2.27. The van der Waals surface area contributed by atoms with Crippen LogP contribution in [0.5, 0.6) is 0 Å². The molecule has 7 nitrogen and oxygen atoms in total. The second-order valence-electron chi connectivity index (χ2n) is 5.81. The van der Waals surface area contributed by atoms with Crippen molar-refractivity contribution in [3.8, 4) is 0 Å². The highest BCUT2D eigenvalue weighted by molar-refractivity contribution is 5.87. The number of hydrogen-bond donors (Lipinski definition) is 4. The molecule has 1 unspecified atom stereocenters. The lowest BCUT2D eigenvalue weighted by Gasteiger charge is -2.21. The van der Waals surface area contributed by atoms with Gasteiger partial charge in [0.05, 0.1) is 6.04 Å².